The molecule has 0 bridgehead atoms. The predicted octanol–water partition coefficient (Wildman–Crippen LogP) is 2.78. The van der Waals surface area contributed by atoms with Crippen molar-refractivity contribution in [2.75, 3.05) is 60.1 Å². The lowest BCUT2D eigenvalue weighted by Crippen LogP contribution is -2.49. The van der Waals surface area contributed by atoms with Crippen LogP contribution in [0.4, 0.5) is 4.39 Å². The Morgan fingerprint density at radius 2 is 2.28 bits per heavy atom. The number of halogens is 2. The second kappa shape index (κ2) is 10.6. The summed E-state index contributed by atoms with van der Waals surface area (Å²) in [6, 6.07) is 4.65. The van der Waals surface area contributed by atoms with Crippen LogP contribution in [0.2, 0.25) is 5.02 Å². The Morgan fingerprint density at radius 1 is 1.45 bits per heavy atom. The molecule has 3 atom stereocenters. The first kappa shape index (κ1) is 22.3. The van der Waals surface area contributed by atoms with Gasteiger partial charge in [0.25, 0.3) is 0 Å². The third-order valence-electron chi connectivity index (χ3n) is 5.63. The number of benzene rings is 1. The standard InChI is InChI=1S/C21H32ClFN4O2/c1-15-12-27(8-10-29-15)19(20-17(22)5-4-6-18(20)23)11-25-21(24-2)26(3)13-16-7-9-28-14-16/h4-6,15-16,19H,7-14H2,1-3H3,(H,24,25). The Balaban J connectivity index is 1.73. The molecule has 0 spiro atoms. The first-order valence-corrected chi connectivity index (χ1v) is 10.7. The fourth-order valence-corrected chi connectivity index (χ4v) is 4.43. The van der Waals surface area contributed by atoms with Gasteiger partial charge in [0.05, 0.1) is 25.4 Å². The van der Waals surface area contributed by atoms with Crippen molar-refractivity contribution in [2.24, 2.45) is 10.9 Å². The molecular weight excluding hydrogens is 395 g/mol. The number of morpholine rings is 1. The highest BCUT2D eigenvalue weighted by Crippen LogP contribution is 2.31. The number of hydrogen-bond donors (Lipinski definition) is 1. The summed E-state index contributed by atoms with van der Waals surface area (Å²) >= 11 is 6.42. The first-order chi connectivity index (χ1) is 14.0. The van der Waals surface area contributed by atoms with Crippen LogP contribution < -0.4 is 5.32 Å². The van der Waals surface area contributed by atoms with Crippen LogP contribution in [0.1, 0.15) is 24.9 Å². The number of aliphatic imine (C=N–C) groups is 1. The SMILES string of the molecule is CN=C(NCC(c1c(F)cccc1Cl)N1CCOC(C)C1)N(C)CC1CCOC1. The molecule has 0 amide bonds. The van der Waals surface area contributed by atoms with Gasteiger partial charge in [-0.05, 0) is 25.5 Å². The van der Waals surface area contributed by atoms with Gasteiger partial charge in [0.1, 0.15) is 5.82 Å². The zero-order chi connectivity index (χ0) is 20.8. The fourth-order valence-electron chi connectivity index (χ4n) is 4.15. The highest BCUT2D eigenvalue weighted by atomic mass is 35.5. The van der Waals surface area contributed by atoms with Crippen molar-refractivity contribution in [3.63, 3.8) is 0 Å². The molecule has 2 heterocycles. The Hall–Kier alpha value is -1.41. The average Bonchev–Trinajstić information content (AvgIpc) is 3.19. The molecule has 0 aliphatic carbocycles. The van der Waals surface area contributed by atoms with Crippen LogP contribution >= 0.6 is 11.6 Å². The second-order valence-corrected chi connectivity index (χ2v) is 8.27. The molecule has 1 N–H and O–H groups in total. The maximum absolute atomic E-state index is 14.8. The van der Waals surface area contributed by atoms with Crippen LogP contribution in [0.3, 0.4) is 0 Å². The molecule has 2 aliphatic heterocycles. The first-order valence-electron chi connectivity index (χ1n) is 10.3. The summed E-state index contributed by atoms with van der Waals surface area (Å²) in [5.41, 5.74) is 0.526. The number of guanidine groups is 1. The van der Waals surface area contributed by atoms with E-state index >= 15 is 0 Å². The minimum atomic E-state index is -0.283. The fraction of sp³-hybridized carbons (Fsp3) is 0.667. The van der Waals surface area contributed by atoms with E-state index in [0.717, 1.165) is 45.2 Å². The summed E-state index contributed by atoms with van der Waals surface area (Å²) in [4.78, 5) is 8.77. The molecule has 1 aromatic rings. The van der Waals surface area contributed by atoms with Crippen molar-refractivity contribution in [3.05, 3.63) is 34.6 Å². The van der Waals surface area contributed by atoms with E-state index < -0.39 is 0 Å². The molecule has 0 aromatic heterocycles. The molecule has 6 nitrogen and oxygen atoms in total. The van der Waals surface area contributed by atoms with Gasteiger partial charge in [-0.25, -0.2) is 4.39 Å². The number of hydrogen-bond acceptors (Lipinski definition) is 4. The van der Waals surface area contributed by atoms with Gasteiger partial charge >= 0.3 is 0 Å². The van der Waals surface area contributed by atoms with Gasteiger partial charge < -0.3 is 19.7 Å². The predicted molar refractivity (Wildman–Crippen MR) is 114 cm³/mol. The van der Waals surface area contributed by atoms with Crippen LogP contribution in [0.5, 0.6) is 0 Å². The molecule has 162 valence electrons. The van der Waals surface area contributed by atoms with Crippen molar-refractivity contribution in [1.82, 2.24) is 15.1 Å². The molecule has 3 unspecified atom stereocenters. The van der Waals surface area contributed by atoms with E-state index in [1.165, 1.54) is 6.07 Å². The molecule has 0 radical (unpaired) electrons. The lowest BCUT2D eigenvalue weighted by molar-refractivity contribution is -0.0344. The summed E-state index contributed by atoms with van der Waals surface area (Å²) in [6.07, 6.45) is 1.17. The van der Waals surface area contributed by atoms with Crippen LogP contribution in [0.15, 0.2) is 23.2 Å². The van der Waals surface area contributed by atoms with Gasteiger partial charge in [-0.3, -0.25) is 9.89 Å². The highest BCUT2D eigenvalue weighted by molar-refractivity contribution is 6.31. The van der Waals surface area contributed by atoms with Crippen molar-refractivity contribution in [1.29, 1.82) is 0 Å². The number of nitrogens with zero attached hydrogens (tertiary/aromatic N) is 3. The minimum absolute atomic E-state index is 0.0983. The maximum Gasteiger partial charge on any atom is 0.193 e. The lowest BCUT2D eigenvalue weighted by atomic mass is 10.0. The zero-order valence-corrected chi connectivity index (χ0v) is 18.3. The normalized spacial score (nSPS) is 24.5. The van der Waals surface area contributed by atoms with E-state index in [1.807, 2.05) is 14.0 Å². The monoisotopic (exact) mass is 426 g/mol. The number of rotatable bonds is 6. The van der Waals surface area contributed by atoms with E-state index in [2.05, 4.69) is 20.1 Å². The Labute approximate surface area is 178 Å². The number of nitrogens with one attached hydrogen (secondary N) is 1. The van der Waals surface area contributed by atoms with Gasteiger partial charge in [-0.2, -0.15) is 0 Å². The van der Waals surface area contributed by atoms with Crippen molar-refractivity contribution >= 4 is 17.6 Å². The van der Waals surface area contributed by atoms with Crippen LogP contribution in [0.25, 0.3) is 0 Å². The largest absolute Gasteiger partial charge is 0.381 e. The molecule has 3 rings (SSSR count). The summed E-state index contributed by atoms with van der Waals surface area (Å²) in [6.45, 7) is 7.12. The van der Waals surface area contributed by atoms with Crippen molar-refractivity contribution in [3.8, 4) is 0 Å². The Bertz CT molecular complexity index is 679. The van der Waals surface area contributed by atoms with Crippen LogP contribution in [-0.2, 0) is 9.47 Å². The summed E-state index contributed by atoms with van der Waals surface area (Å²) in [7, 11) is 3.79. The summed E-state index contributed by atoms with van der Waals surface area (Å²) in [5.74, 6) is 1.01. The van der Waals surface area contributed by atoms with Gasteiger partial charge in [-0.1, -0.05) is 17.7 Å². The molecule has 8 heteroatoms. The average molecular weight is 427 g/mol. The maximum atomic E-state index is 14.8. The summed E-state index contributed by atoms with van der Waals surface area (Å²) < 4.78 is 25.9. The quantitative estimate of drug-likeness (QED) is 0.560. The highest BCUT2D eigenvalue weighted by Gasteiger charge is 2.30. The molecule has 29 heavy (non-hydrogen) atoms. The minimum Gasteiger partial charge on any atom is -0.381 e. The van der Waals surface area contributed by atoms with E-state index in [4.69, 9.17) is 21.1 Å². The van der Waals surface area contributed by atoms with Crippen molar-refractivity contribution < 1.29 is 13.9 Å². The second-order valence-electron chi connectivity index (χ2n) is 7.87. The van der Waals surface area contributed by atoms with E-state index in [-0.39, 0.29) is 18.0 Å². The molecule has 2 saturated heterocycles. The van der Waals surface area contributed by atoms with Crippen LogP contribution in [-0.4, -0.2) is 82.0 Å². The third kappa shape index (κ3) is 5.81. The molecular formula is C21H32ClFN4O2. The smallest absolute Gasteiger partial charge is 0.193 e. The number of ether oxygens (including phenoxy) is 2. The molecule has 0 saturated carbocycles. The van der Waals surface area contributed by atoms with E-state index in [9.17, 15) is 4.39 Å². The van der Waals surface area contributed by atoms with Gasteiger partial charge in [0.2, 0.25) is 0 Å². The molecule has 1 aromatic carbocycles. The Morgan fingerprint density at radius 3 is 2.93 bits per heavy atom. The topological polar surface area (TPSA) is 49.3 Å². The molecule has 2 fully saturated rings. The van der Waals surface area contributed by atoms with Gasteiger partial charge in [0.15, 0.2) is 5.96 Å². The van der Waals surface area contributed by atoms with Gasteiger partial charge in [-0.15, -0.1) is 0 Å². The lowest BCUT2D eigenvalue weighted by Gasteiger charge is -2.38. The molecule has 2 aliphatic rings. The van der Waals surface area contributed by atoms with E-state index in [0.29, 0.717) is 29.7 Å². The van der Waals surface area contributed by atoms with Crippen molar-refractivity contribution in [2.45, 2.75) is 25.5 Å². The van der Waals surface area contributed by atoms with E-state index in [1.54, 1.807) is 19.2 Å². The Kier molecular flexibility index (Phi) is 8.12. The zero-order valence-electron chi connectivity index (χ0n) is 17.5. The third-order valence-corrected chi connectivity index (χ3v) is 5.96. The van der Waals surface area contributed by atoms with Gasteiger partial charge in [0, 0.05) is 63.4 Å². The van der Waals surface area contributed by atoms with Crippen LogP contribution in [0, 0.1) is 11.7 Å². The summed E-state index contributed by atoms with van der Waals surface area (Å²) in [5, 5.41) is 3.88.